The van der Waals surface area contributed by atoms with E-state index in [4.69, 9.17) is 9.90 Å². The minimum atomic E-state index is -5.08. The summed E-state index contributed by atoms with van der Waals surface area (Å²) in [6, 6.07) is 26.1. The monoisotopic (exact) mass is 558 g/mol. The number of aromatic amines is 2. The molecular weight excluding hydrogens is 533 g/mol. The molecular formula is C30H25F3N6O2. The summed E-state index contributed by atoms with van der Waals surface area (Å²) in [6.07, 6.45) is -5.08. The number of amidine groups is 2. The van der Waals surface area contributed by atoms with Gasteiger partial charge in [0.25, 0.3) is 0 Å². The van der Waals surface area contributed by atoms with Crippen molar-refractivity contribution < 1.29 is 23.1 Å². The van der Waals surface area contributed by atoms with Gasteiger partial charge in [-0.3, -0.25) is 9.98 Å². The number of carbonyl (C=O) groups is 1. The topological polar surface area (TPSA) is 118 Å². The van der Waals surface area contributed by atoms with Crippen LogP contribution in [0.3, 0.4) is 0 Å². The lowest BCUT2D eigenvalue weighted by atomic mass is 10.1. The Hall–Kier alpha value is -5.06. The molecule has 8 nitrogen and oxygen atoms in total. The number of alkyl halides is 3. The van der Waals surface area contributed by atoms with Crippen LogP contribution in [0.15, 0.2) is 82.8 Å². The van der Waals surface area contributed by atoms with Crippen molar-refractivity contribution in [3.8, 4) is 22.5 Å². The lowest BCUT2D eigenvalue weighted by molar-refractivity contribution is -0.192. The maximum Gasteiger partial charge on any atom is 0.490 e. The van der Waals surface area contributed by atoms with Gasteiger partial charge in [0.1, 0.15) is 11.7 Å². The third kappa shape index (κ3) is 5.51. The lowest BCUT2D eigenvalue weighted by Gasteiger charge is -2.02. The van der Waals surface area contributed by atoms with Gasteiger partial charge in [-0.1, -0.05) is 48.5 Å². The average molecular weight is 559 g/mol. The second-order valence-corrected chi connectivity index (χ2v) is 9.66. The van der Waals surface area contributed by atoms with Crippen molar-refractivity contribution >= 4 is 39.4 Å². The second kappa shape index (κ2) is 10.5. The Morgan fingerprint density at radius 2 is 1.05 bits per heavy atom. The number of halogens is 3. The van der Waals surface area contributed by atoms with Crippen LogP contribution in [-0.4, -0.2) is 65.1 Å². The van der Waals surface area contributed by atoms with Crippen molar-refractivity contribution in [2.75, 3.05) is 26.2 Å². The molecule has 4 heterocycles. The zero-order valence-electron chi connectivity index (χ0n) is 21.6. The van der Waals surface area contributed by atoms with E-state index in [9.17, 15) is 13.2 Å². The number of fused-ring (bicyclic) bond motifs is 2. The third-order valence-corrected chi connectivity index (χ3v) is 6.89. The van der Waals surface area contributed by atoms with E-state index in [0.717, 1.165) is 71.4 Å². The smallest absolute Gasteiger partial charge is 0.475 e. The number of aromatic nitrogens is 2. The van der Waals surface area contributed by atoms with Gasteiger partial charge in [-0.2, -0.15) is 13.2 Å². The van der Waals surface area contributed by atoms with Gasteiger partial charge in [0.2, 0.25) is 0 Å². The summed E-state index contributed by atoms with van der Waals surface area (Å²) >= 11 is 0. The van der Waals surface area contributed by atoms with Gasteiger partial charge in [-0.15, -0.1) is 0 Å². The number of hydrogen-bond acceptors (Lipinski definition) is 5. The van der Waals surface area contributed by atoms with E-state index in [1.54, 1.807) is 0 Å². The minimum absolute atomic E-state index is 0.847. The third-order valence-electron chi connectivity index (χ3n) is 6.89. The van der Waals surface area contributed by atoms with Crippen LogP contribution in [0.2, 0.25) is 0 Å². The van der Waals surface area contributed by atoms with Crippen LogP contribution in [0.25, 0.3) is 44.3 Å². The summed E-state index contributed by atoms with van der Waals surface area (Å²) in [5.41, 5.74) is 9.08. The van der Waals surface area contributed by atoms with Gasteiger partial charge in [-0.25, -0.2) is 4.79 Å². The zero-order valence-corrected chi connectivity index (χ0v) is 21.6. The van der Waals surface area contributed by atoms with E-state index >= 15 is 0 Å². The quantitative estimate of drug-likeness (QED) is 0.205. The molecule has 0 spiro atoms. The SMILES string of the molecule is O=C(O)C(F)(F)F.c1cc2cc(-c3ccc(-c4cc5ccc(C6=NCCN6)cc5[nH]4)cc3)[nH]c2cc1C1=NCCN1. The summed E-state index contributed by atoms with van der Waals surface area (Å²) in [5, 5.41) is 16.2. The first-order valence-electron chi connectivity index (χ1n) is 13.0. The summed E-state index contributed by atoms with van der Waals surface area (Å²) in [6.45, 7) is 3.53. The molecule has 0 atom stereocenters. The van der Waals surface area contributed by atoms with Crippen molar-refractivity contribution in [2.24, 2.45) is 9.98 Å². The van der Waals surface area contributed by atoms with Crippen molar-refractivity contribution in [2.45, 2.75) is 6.18 Å². The van der Waals surface area contributed by atoms with Crippen LogP contribution in [0.4, 0.5) is 13.2 Å². The van der Waals surface area contributed by atoms with Crippen molar-refractivity contribution in [1.82, 2.24) is 20.6 Å². The van der Waals surface area contributed by atoms with Gasteiger partial charge in [0, 0.05) is 57.4 Å². The summed E-state index contributed by atoms with van der Waals surface area (Å²) in [4.78, 5) is 25.1. The molecule has 208 valence electrons. The minimum Gasteiger partial charge on any atom is -0.475 e. The highest BCUT2D eigenvalue weighted by Crippen LogP contribution is 2.29. The fourth-order valence-corrected chi connectivity index (χ4v) is 4.87. The summed E-state index contributed by atoms with van der Waals surface area (Å²) in [7, 11) is 0. The molecule has 0 saturated carbocycles. The number of hydrogen-bond donors (Lipinski definition) is 5. The first-order valence-corrected chi connectivity index (χ1v) is 13.0. The first-order chi connectivity index (χ1) is 19.7. The first kappa shape index (κ1) is 26.2. The molecule has 41 heavy (non-hydrogen) atoms. The van der Waals surface area contributed by atoms with Crippen molar-refractivity contribution in [3.63, 3.8) is 0 Å². The van der Waals surface area contributed by atoms with Gasteiger partial charge in [-0.05, 0) is 35.4 Å². The van der Waals surface area contributed by atoms with Crippen LogP contribution in [0, 0.1) is 0 Å². The molecule has 0 fully saturated rings. The number of benzene rings is 3. The number of carboxylic acids is 1. The molecule has 3 aromatic carbocycles. The van der Waals surface area contributed by atoms with Crippen LogP contribution in [-0.2, 0) is 4.79 Å². The van der Waals surface area contributed by atoms with E-state index in [1.807, 2.05) is 0 Å². The predicted octanol–water partition coefficient (Wildman–Crippen LogP) is 5.32. The number of carboxylic acid groups (broad SMARTS) is 1. The molecule has 2 aromatic heterocycles. The molecule has 7 rings (SSSR count). The highest BCUT2D eigenvalue weighted by Gasteiger charge is 2.38. The molecule has 5 N–H and O–H groups in total. The van der Waals surface area contributed by atoms with Gasteiger partial charge >= 0.3 is 12.1 Å². The summed E-state index contributed by atoms with van der Waals surface area (Å²) < 4.78 is 31.7. The van der Waals surface area contributed by atoms with E-state index in [2.05, 4.69) is 103 Å². The van der Waals surface area contributed by atoms with Gasteiger partial charge < -0.3 is 25.7 Å². The van der Waals surface area contributed by atoms with Crippen molar-refractivity contribution in [1.29, 1.82) is 0 Å². The van der Waals surface area contributed by atoms with Crippen LogP contribution < -0.4 is 10.6 Å². The Bertz CT molecular complexity index is 1690. The van der Waals surface area contributed by atoms with E-state index in [1.165, 1.54) is 21.9 Å². The Kier molecular flexibility index (Phi) is 6.70. The second-order valence-electron chi connectivity index (χ2n) is 9.66. The van der Waals surface area contributed by atoms with Crippen LogP contribution >= 0.6 is 0 Å². The molecule has 11 heteroatoms. The molecule has 2 aliphatic heterocycles. The molecule has 0 unspecified atom stereocenters. The van der Waals surface area contributed by atoms with Crippen molar-refractivity contribution in [3.05, 3.63) is 83.9 Å². The number of nitrogens with one attached hydrogen (secondary N) is 4. The number of nitrogens with zero attached hydrogens (tertiary/aromatic N) is 2. The number of rotatable bonds is 4. The largest absolute Gasteiger partial charge is 0.490 e. The molecule has 2 aliphatic rings. The number of aliphatic imine (C=N–C) groups is 2. The Morgan fingerprint density at radius 1 is 0.659 bits per heavy atom. The normalized spacial score (nSPS) is 14.7. The van der Waals surface area contributed by atoms with Gasteiger partial charge in [0.05, 0.1) is 13.1 Å². The van der Waals surface area contributed by atoms with Gasteiger partial charge in [0.15, 0.2) is 0 Å². The molecule has 0 radical (unpaired) electrons. The zero-order chi connectivity index (χ0) is 28.6. The average Bonchev–Trinajstić information content (AvgIpc) is 3.78. The standard InChI is InChI=1S/C28H24N6.C2HF3O2/c1-2-18(24-14-20-6-8-22(16-26(20)34-24)28-31-11-12-32-28)4-3-17(1)23-13-19-5-7-21(15-25(19)33-23)27-29-9-10-30-27;3-2(4,5)1(6)7/h1-8,13-16,33-34H,9-12H2,(H,29,30)(H,31,32);(H,6,7). The fraction of sp³-hybridized carbons (Fsp3) is 0.167. The molecule has 0 saturated heterocycles. The Morgan fingerprint density at radius 3 is 1.39 bits per heavy atom. The van der Waals surface area contributed by atoms with E-state index in [0.29, 0.717) is 0 Å². The molecule has 5 aromatic rings. The molecule has 0 aliphatic carbocycles. The Balaban J connectivity index is 0.000000387. The summed E-state index contributed by atoms with van der Waals surface area (Å²) in [5.74, 6) is -0.784. The maximum absolute atomic E-state index is 10.6. The molecule has 0 amide bonds. The van der Waals surface area contributed by atoms with E-state index in [-0.39, 0.29) is 0 Å². The predicted molar refractivity (Wildman–Crippen MR) is 154 cm³/mol. The van der Waals surface area contributed by atoms with Crippen LogP contribution in [0.5, 0.6) is 0 Å². The number of H-pyrrole nitrogens is 2. The van der Waals surface area contributed by atoms with Crippen LogP contribution in [0.1, 0.15) is 11.1 Å². The molecule has 0 bridgehead atoms. The van der Waals surface area contributed by atoms with E-state index < -0.39 is 12.1 Å². The fourth-order valence-electron chi connectivity index (χ4n) is 4.87. The lowest BCUT2D eigenvalue weighted by Crippen LogP contribution is -2.21. The number of aliphatic carboxylic acids is 1. The highest BCUT2D eigenvalue weighted by molar-refractivity contribution is 6.03. The highest BCUT2D eigenvalue weighted by atomic mass is 19.4. The Labute approximate surface area is 232 Å². The maximum atomic E-state index is 10.6.